The summed E-state index contributed by atoms with van der Waals surface area (Å²) in [6.45, 7) is 8.91. The van der Waals surface area contributed by atoms with Gasteiger partial charge < -0.3 is 4.74 Å². The van der Waals surface area contributed by atoms with E-state index in [-0.39, 0.29) is 16.1 Å². The van der Waals surface area contributed by atoms with Gasteiger partial charge in [-0.05, 0) is 48.1 Å². The average molecular weight is 418 g/mol. The number of Topliss-reactive ketones (excluding diaryl/α,β-unsaturated/α-hetero) is 1. The number of aryl methyl sites for hydroxylation is 2. The van der Waals surface area contributed by atoms with Gasteiger partial charge in [-0.2, -0.15) is 4.72 Å². The number of esters is 1. The molecule has 0 bridgehead atoms. The molecule has 0 heterocycles. The van der Waals surface area contributed by atoms with E-state index in [0.717, 1.165) is 16.7 Å². The first-order valence-electron chi connectivity index (χ1n) is 9.26. The summed E-state index contributed by atoms with van der Waals surface area (Å²) in [5.74, 6) is -1.17. The number of rotatable bonds is 7. The number of benzene rings is 2. The molecule has 0 aliphatic carbocycles. The Morgan fingerprint density at radius 2 is 1.59 bits per heavy atom. The SMILES string of the molecule is Cc1ccc(S(=O)(=O)NCC(=O)OCC(=O)c2ccc(C(C)(C)C)cc2)cc1C. The zero-order chi connectivity index (χ0) is 21.8. The van der Waals surface area contributed by atoms with Crippen LogP contribution in [0.15, 0.2) is 47.4 Å². The molecule has 2 aromatic rings. The lowest BCUT2D eigenvalue weighted by atomic mass is 9.86. The number of nitrogens with one attached hydrogen (secondary N) is 1. The monoisotopic (exact) mass is 417 g/mol. The molecule has 7 heteroatoms. The summed E-state index contributed by atoms with van der Waals surface area (Å²) >= 11 is 0. The third kappa shape index (κ3) is 6.24. The lowest BCUT2D eigenvalue weighted by Crippen LogP contribution is -2.31. The second-order valence-corrected chi connectivity index (χ2v) is 9.75. The van der Waals surface area contributed by atoms with Gasteiger partial charge in [0.2, 0.25) is 10.0 Å². The van der Waals surface area contributed by atoms with Crippen molar-refractivity contribution < 1.29 is 22.7 Å². The zero-order valence-electron chi connectivity index (χ0n) is 17.4. The van der Waals surface area contributed by atoms with Crippen LogP contribution in [-0.2, 0) is 25.0 Å². The number of hydrogen-bond acceptors (Lipinski definition) is 5. The smallest absolute Gasteiger partial charge is 0.321 e. The molecular weight excluding hydrogens is 390 g/mol. The van der Waals surface area contributed by atoms with E-state index in [4.69, 9.17) is 4.74 Å². The fraction of sp³-hybridized carbons (Fsp3) is 0.364. The summed E-state index contributed by atoms with van der Waals surface area (Å²) in [4.78, 5) is 24.1. The van der Waals surface area contributed by atoms with Crippen LogP contribution in [0.3, 0.4) is 0 Å². The van der Waals surface area contributed by atoms with Crippen LogP contribution < -0.4 is 4.72 Å². The van der Waals surface area contributed by atoms with Crippen molar-refractivity contribution in [3.8, 4) is 0 Å². The van der Waals surface area contributed by atoms with Crippen LogP contribution in [0.5, 0.6) is 0 Å². The molecule has 1 N–H and O–H groups in total. The Balaban J connectivity index is 1.89. The Morgan fingerprint density at radius 3 is 2.14 bits per heavy atom. The van der Waals surface area contributed by atoms with Gasteiger partial charge in [-0.3, -0.25) is 9.59 Å². The number of ether oxygens (including phenoxy) is 1. The molecule has 2 aromatic carbocycles. The summed E-state index contributed by atoms with van der Waals surface area (Å²) in [6, 6.07) is 11.8. The minimum atomic E-state index is -3.84. The number of hydrogen-bond donors (Lipinski definition) is 1. The predicted molar refractivity (Wildman–Crippen MR) is 112 cm³/mol. The molecule has 29 heavy (non-hydrogen) atoms. The van der Waals surface area contributed by atoms with E-state index in [1.807, 2.05) is 26.0 Å². The maximum absolute atomic E-state index is 12.3. The Labute approximate surface area is 172 Å². The van der Waals surface area contributed by atoms with Gasteiger partial charge in [0.25, 0.3) is 0 Å². The fourth-order valence-corrected chi connectivity index (χ4v) is 3.61. The molecule has 156 valence electrons. The normalized spacial score (nSPS) is 11.9. The molecule has 0 saturated heterocycles. The molecule has 0 unspecified atom stereocenters. The molecule has 6 nitrogen and oxygen atoms in total. The molecular formula is C22H27NO5S. The summed E-state index contributed by atoms with van der Waals surface area (Å²) in [5, 5.41) is 0. The van der Waals surface area contributed by atoms with Crippen molar-refractivity contribution in [3.63, 3.8) is 0 Å². The van der Waals surface area contributed by atoms with Crippen LogP contribution in [0.2, 0.25) is 0 Å². The first-order chi connectivity index (χ1) is 13.4. The highest BCUT2D eigenvalue weighted by Crippen LogP contribution is 2.22. The van der Waals surface area contributed by atoms with E-state index in [9.17, 15) is 18.0 Å². The van der Waals surface area contributed by atoms with Crippen LogP contribution >= 0.6 is 0 Å². The van der Waals surface area contributed by atoms with Crippen molar-refractivity contribution in [2.75, 3.05) is 13.2 Å². The second-order valence-electron chi connectivity index (χ2n) is 7.98. The molecule has 0 radical (unpaired) electrons. The topological polar surface area (TPSA) is 89.5 Å². The van der Waals surface area contributed by atoms with Crippen LogP contribution in [-0.4, -0.2) is 33.3 Å². The zero-order valence-corrected chi connectivity index (χ0v) is 18.2. The molecule has 2 rings (SSSR count). The lowest BCUT2D eigenvalue weighted by molar-refractivity contribution is -0.141. The first-order valence-corrected chi connectivity index (χ1v) is 10.7. The number of carbonyl (C=O) groups is 2. The minimum Gasteiger partial charge on any atom is -0.456 e. The van der Waals surface area contributed by atoms with E-state index in [2.05, 4.69) is 25.5 Å². The van der Waals surface area contributed by atoms with Crippen molar-refractivity contribution in [2.24, 2.45) is 0 Å². The predicted octanol–water partition coefficient (Wildman–Crippen LogP) is 3.31. The highest BCUT2D eigenvalue weighted by Gasteiger charge is 2.18. The molecule has 0 amide bonds. The maximum atomic E-state index is 12.3. The molecule has 0 aliphatic rings. The Bertz CT molecular complexity index is 1000. The summed E-state index contributed by atoms with van der Waals surface area (Å²) in [7, 11) is -3.84. The highest BCUT2D eigenvalue weighted by molar-refractivity contribution is 7.89. The molecule has 0 aromatic heterocycles. The number of ketones is 1. The number of carbonyl (C=O) groups excluding carboxylic acids is 2. The van der Waals surface area contributed by atoms with Gasteiger partial charge in [0.05, 0.1) is 4.90 Å². The van der Waals surface area contributed by atoms with Crippen LogP contribution in [0.25, 0.3) is 0 Å². The minimum absolute atomic E-state index is 0.0266. The van der Waals surface area contributed by atoms with Gasteiger partial charge in [-0.25, -0.2) is 8.42 Å². The van der Waals surface area contributed by atoms with Crippen molar-refractivity contribution in [1.29, 1.82) is 0 Å². The van der Waals surface area contributed by atoms with Gasteiger partial charge in [-0.15, -0.1) is 0 Å². The van der Waals surface area contributed by atoms with Crippen molar-refractivity contribution in [3.05, 3.63) is 64.7 Å². The number of sulfonamides is 1. The molecule has 0 spiro atoms. The Morgan fingerprint density at radius 1 is 0.966 bits per heavy atom. The van der Waals surface area contributed by atoms with E-state index in [1.165, 1.54) is 12.1 Å². The summed E-state index contributed by atoms with van der Waals surface area (Å²) in [5.41, 5.74) is 3.30. The van der Waals surface area contributed by atoms with E-state index >= 15 is 0 Å². The van der Waals surface area contributed by atoms with Crippen molar-refractivity contribution >= 4 is 21.8 Å². The van der Waals surface area contributed by atoms with Gasteiger partial charge in [0.1, 0.15) is 6.54 Å². The third-order valence-electron chi connectivity index (χ3n) is 4.63. The largest absolute Gasteiger partial charge is 0.456 e. The third-order valence-corrected chi connectivity index (χ3v) is 6.03. The van der Waals surface area contributed by atoms with E-state index in [1.54, 1.807) is 18.2 Å². The van der Waals surface area contributed by atoms with E-state index in [0.29, 0.717) is 5.56 Å². The van der Waals surface area contributed by atoms with Crippen LogP contribution in [0, 0.1) is 13.8 Å². The summed E-state index contributed by atoms with van der Waals surface area (Å²) in [6.07, 6.45) is 0. The highest BCUT2D eigenvalue weighted by atomic mass is 32.2. The van der Waals surface area contributed by atoms with Gasteiger partial charge in [0, 0.05) is 5.56 Å². The molecule has 0 aliphatic heterocycles. The molecule has 0 saturated carbocycles. The summed E-state index contributed by atoms with van der Waals surface area (Å²) < 4.78 is 31.7. The van der Waals surface area contributed by atoms with Crippen molar-refractivity contribution in [2.45, 2.75) is 44.9 Å². The standard InChI is InChI=1S/C22H27NO5S/c1-15-6-11-19(12-16(15)2)29(26,27)23-13-21(25)28-14-20(24)17-7-9-18(10-8-17)22(3,4)5/h6-12,23H,13-14H2,1-5H3. The van der Waals surface area contributed by atoms with Gasteiger partial charge in [-0.1, -0.05) is 51.1 Å². The fourth-order valence-electron chi connectivity index (χ4n) is 2.55. The van der Waals surface area contributed by atoms with Gasteiger partial charge >= 0.3 is 5.97 Å². The quantitative estimate of drug-likeness (QED) is 0.551. The second kappa shape index (κ2) is 8.88. The van der Waals surface area contributed by atoms with E-state index < -0.39 is 29.1 Å². The van der Waals surface area contributed by atoms with Crippen LogP contribution in [0.4, 0.5) is 0 Å². The van der Waals surface area contributed by atoms with Gasteiger partial charge in [0.15, 0.2) is 12.4 Å². The van der Waals surface area contributed by atoms with Crippen molar-refractivity contribution in [1.82, 2.24) is 4.72 Å². The first kappa shape index (κ1) is 22.8. The lowest BCUT2D eigenvalue weighted by Gasteiger charge is -2.18. The average Bonchev–Trinajstić information content (AvgIpc) is 2.66. The Hall–Kier alpha value is -2.51. The molecule has 0 fully saturated rings. The maximum Gasteiger partial charge on any atom is 0.321 e. The molecule has 0 atom stereocenters. The van der Waals surface area contributed by atoms with Crippen LogP contribution in [0.1, 0.15) is 47.8 Å². The Kier molecular flexibility index (Phi) is 6.97.